The Labute approximate surface area is 121 Å². The van der Waals surface area contributed by atoms with Crippen molar-refractivity contribution >= 4 is 24.2 Å². The molecule has 0 radical (unpaired) electrons. The van der Waals surface area contributed by atoms with Gasteiger partial charge in [-0.15, -0.1) is 12.4 Å². The minimum atomic E-state index is -0.421. The normalized spacial score (nSPS) is 17.8. The highest BCUT2D eigenvalue weighted by Crippen LogP contribution is 2.07. The van der Waals surface area contributed by atoms with Crippen molar-refractivity contribution < 1.29 is 9.59 Å². The second-order valence-electron chi connectivity index (χ2n) is 5.04. The molecule has 1 aliphatic rings. The van der Waals surface area contributed by atoms with Crippen molar-refractivity contribution in [3.63, 3.8) is 0 Å². The van der Waals surface area contributed by atoms with Crippen LogP contribution in [0.15, 0.2) is 0 Å². The average molecular weight is 293 g/mol. The van der Waals surface area contributed by atoms with Gasteiger partial charge in [0.2, 0.25) is 11.8 Å². The highest BCUT2D eigenvalue weighted by molar-refractivity contribution is 5.85. The Bertz CT molecular complexity index is 304. The number of carbonyl (C=O) groups excluding carboxylic acids is 2. The smallest absolute Gasteiger partial charge is 0.239 e. The molecule has 3 N–H and O–H groups in total. The van der Waals surface area contributed by atoms with Gasteiger partial charge in [0, 0.05) is 33.2 Å². The van der Waals surface area contributed by atoms with E-state index in [2.05, 4.69) is 5.32 Å². The van der Waals surface area contributed by atoms with Crippen molar-refractivity contribution in [3.05, 3.63) is 0 Å². The van der Waals surface area contributed by atoms with Crippen LogP contribution in [-0.2, 0) is 9.59 Å². The fraction of sp³-hybridized carbons (Fsp3) is 0.833. The number of hydrogen-bond acceptors (Lipinski definition) is 4. The van der Waals surface area contributed by atoms with E-state index in [4.69, 9.17) is 5.73 Å². The molecule has 0 unspecified atom stereocenters. The molecule has 19 heavy (non-hydrogen) atoms. The minimum absolute atomic E-state index is 0. The zero-order chi connectivity index (χ0) is 13.7. The van der Waals surface area contributed by atoms with Crippen LogP contribution < -0.4 is 11.1 Å². The van der Waals surface area contributed by atoms with Crippen molar-refractivity contribution in [3.8, 4) is 0 Å². The average Bonchev–Trinajstić information content (AvgIpc) is 2.37. The Hall–Kier alpha value is -0.850. The van der Waals surface area contributed by atoms with Gasteiger partial charge in [0.1, 0.15) is 0 Å². The van der Waals surface area contributed by atoms with Crippen LogP contribution >= 0.6 is 12.4 Å². The molecule has 0 bridgehead atoms. The highest BCUT2D eigenvalue weighted by atomic mass is 35.5. The quantitative estimate of drug-likeness (QED) is 0.717. The molecule has 1 saturated heterocycles. The Kier molecular flexibility index (Phi) is 7.97. The van der Waals surface area contributed by atoms with Gasteiger partial charge >= 0.3 is 0 Å². The predicted molar refractivity (Wildman–Crippen MR) is 77.1 cm³/mol. The molecule has 0 aromatic rings. The fourth-order valence-corrected chi connectivity index (χ4v) is 1.90. The molecule has 1 rings (SSSR count). The summed E-state index contributed by atoms with van der Waals surface area (Å²) >= 11 is 0. The molecule has 6 nitrogen and oxygen atoms in total. The number of nitrogens with two attached hydrogens (primary N) is 1. The maximum Gasteiger partial charge on any atom is 0.239 e. The van der Waals surface area contributed by atoms with E-state index in [1.807, 2.05) is 18.7 Å². The van der Waals surface area contributed by atoms with Gasteiger partial charge in [-0.25, -0.2) is 0 Å². The zero-order valence-electron chi connectivity index (χ0n) is 11.9. The highest BCUT2D eigenvalue weighted by Gasteiger charge is 2.27. The molecule has 1 atom stereocenters. The third-order valence-electron chi connectivity index (χ3n) is 3.33. The van der Waals surface area contributed by atoms with Gasteiger partial charge in [-0.3, -0.25) is 14.5 Å². The minimum Gasteiger partial charge on any atom is -0.358 e. The number of piperazine rings is 1. The largest absolute Gasteiger partial charge is 0.358 e. The van der Waals surface area contributed by atoms with Gasteiger partial charge in [0.05, 0.1) is 12.6 Å². The van der Waals surface area contributed by atoms with E-state index in [1.165, 1.54) is 0 Å². The summed E-state index contributed by atoms with van der Waals surface area (Å²) < 4.78 is 0. The maximum absolute atomic E-state index is 12.0. The van der Waals surface area contributed by atoms with Crippen LogP contribution in [0.5, 0.6) is 0 Å². The summed E-state index contributed by atoms with van der Waals surface area (Å²) in [6.07, 6.45) is 0. The predicted octanol–water partition coefficient (Wildman–Crippen LogP) is -0.718. The van der Waals surface area contributed by atoms with Crippen molar-refractivity contribution in [1.82, 2.24) is 15.1 Å². The van der Waals surface area contributed by atoms with Crippen molar-refractivity contribution in [2.45, 2.75) is 19.9 Å². The summed E-state index contributed by atoms with van der Waals surface area (Å²) in [6.45, 7) is 7.05. The van der Waals surface area contributed by atoms with Crippen LogP contribution in [-0.4, -0.2) is 67.4 Å². The van der Waals surface area contributed by atoms with Crippen LogP contribution in [0.25, 0.3) is 0 Å². The van der Waals surface area contributed by atoms with Gasteiger partial charge in [-0.2, -0.15) is 0 Å². The number of hydrogen-bond donors (Lipinski definition) is 2. The van der Waals surface area contributed by atoms with Gasteiger partial charge in [-0.1, -0.05) is 13.8 Å². The number of carbonyl (C=O) groups is 2. The lowest BCUT2D eigenvalue weighted by molar-refractivity contribution is -0.135. The lowest BCUT2D eigenvalue weighted by Gasteiger charge is -2.36. The van der Waals surface area contributed by atoms with E-state index < -0.39 is 6.04 Å². The SMILES string of the molecule is CNC(=O)CN1CCN(C(=O)[C@@H](N)C(C)C)CC1.Cl. The van der Waals surface area contributed by atoms with Crippen LogP contribution in [0.1, 0.15) is 13.8 Å². The standard InChI is InChI=1S/C12H24N4O2.ClH/c1-9(2)11(13)12(18)16-6-4-15(5-7-16)8-10(17)14-3;/h9,11H,4-8,13H2,1-3H3,(H,14,17);1H/t11-;/m0./s1. The molecule has 0 aliphatic carbocycles. The lowest BCUT2D eigenvalue weighted by atomic mass is 10.0. The molecule has 2 amide bonds. The monoisotopic (exact) mass is 292 g/mol. The molecule has 0 spiro atoms. The third-order valence-corrected chi connectivity index (χ3v) is 3.33. The Morgan fingerprint density at radius 1 is 1.21 bits per heavy atom. The summed E-state index contributed by atoms with van der Waals surface area (Å²) in [5.74, 6) is 0.180. The van der Waals surface area contributed by atoms with E-state index in [9.17, 15) is 9.59 Å². The second kappa shape index (κ2) is 8.35. The van der Waals surface area contributed by atoms with E-state index in [0.29, 0.717) is 19.6 Å². The summed E-state index contributed by atoms with van der Waals surface area (Å²) in [6, 6.07) is -0.421. The summed E-state index contributed by atoms with van der Waals surface area (Å²) in [4.78, 5) is 27.1. The Balaban J connectivity index is 0.00000324. The van der Waals surface area contributed by atoms with Gasteiger partial charge < -0.3 is 16.0 Å². The van der Waals surface area contributed by atoms with E-state index >= 15 is 0 Å². The van der Waals surface area contributed by atoms with Crippen LogP contribution in [0.3, 0.4) is 0 Å². The zero-order valence-corrected chi connectivity index (χ0v) is 12.7. The summed E-state index contributed by atoms with van der Waals surface area (Å²) in [7, 11) is 1.63. The Morgan fingerprint density at radius 2 is 1.74 bits per heavy atom. The first kappa shape index (κ1) is 18.1. The van der Waals surface area contributed by atoms with Crippen molar-refractivity contribution in [2.75, 3.05) is 39.8 Å². The molecule has 0 aromatic heterocycles. The molecule has 1 aliphatic heterocycles. The first-order chi connectivity index (χ1) is 8.45. The molecule has 0 saturated carbocycles. The molecule has 0 aromatic carbocycles. The summed E-state index contributed by atoms with van der Waals surface area (Å²) in [5.41, 5.74) is 5.86. The van der Waals surface area contributed by atoms with Crippen molar-refractivity contribution in [1.29, 1.82) is 0 Å². The lowest BCUT2D eigenvalue weighted by Crippen LogP contribution is -2.55. The summed E-state index contributed by atoms with van der Waals surface area (Å²) in [5, 5.41) is 2.60. The number of halogens is 1. The second-order valence-corrected chi connectivity index (χ2v) is 5.04. The number of nitrogens with zero attached hydrogens (tertiary/aromatic N) is 2. The van der Waals surface area contributed by atoms with Crippen molar-refractivity contribution in [2.24, 2.45) is 11.7 Å². The van der Waals surface area contributed by atoms with E-state index in [-0.39, 0.29) is 30.1 Å². The van der Waals surface area contributed by atoms with Gasteiger partial charge in [0.25, 0.3) is 0 Å². The van der Waals surface area contributed by atoms with Crippen LogP contribution in [0, 0.1) is 5.92 Å². The Morgan fingerprint density at radius 3 is 2.16 bits per heavy atom. The number of likely N-dealkylation sites (N-methyl/N-ethyl adjacent to an activating group) is 1. The van der Waals surface area contributed by atoms with E-state index in [1.54, 1.807) is 11.9 Å². The molecule has 1 fully saturated rings. The molecule has 7 heteroatoms. The van der Waals surface area contributed by atoms with E-state index in [0.717, 1.165) is 13.1 Å². The van der Waals surface area contributed by atoms with Gasteiger partial charge in [0.15, 0.2) is 0 Å². The first-order valence-electron chi connectivity index (χ1n) is 6.43. The molecular weight excluding hydrogens is 268 g/mol. The van der Waals surface area contributed by atoms with Crippen LogP contribution in [0.4, 0.5) is 0 Å². The number of amides is 2. The molecule has 112 valence electrons. The first-order valence-corrected chi connectivity index (χ1v) is 6.43. The fourth-order valence-electron chi connectivity index (χ4n) is 1.90. The molecular formula is C12H25ClN4O2. The number of nitrogens with one attached hydrogen (secondary N) is 1. The topological polar surface area (TPSA) is 78.7 Å². The van der Waals surface area contributed by atoms with Gasteiger partial charge in [-0.05, 0) is 5.92 Å². The molecule has 1 heterocycles. The number of rotatable bonds is 4. The van der Waals surface area contributed by atoms with Crippen LogP contribution in [0.2, 0.25) is 0 Å². The maximum atomic E-state index is 12.0. The third kappa shape index (κ3) is 5.34.